The number of pyridine rings is 2. The van der Waals surface area contributed by atoms with Crippen LogP contribution in [-0.4, -0.2) is 173 Å². The van der Waals surface area contributed by atoms with E-state index < -0.39 is 35.6 Å². The molecule has 0 aliphatic carbocycles. The first kappa shape index (κ1) is 62.1. The average Bonchev–Trinajstić information content (AvgIpc) is 1.96. The third-order valence-electron chi connectivity index (χ3n) is 15.4. The number of benzene rings is 2. The van der Waals surface area contributed by atoms with Crippen molar-refractivity contribution < 1.29 is 65.1 Å². The summed E-state index contributed by atoms with van der Waals surface area (Å²) in [6, 6.07) is 19.0. The molecule has 20 nitrogen and oxygen atoms in total. The van der Waals surface area contributed by atoms with Crippen LogP contribution in [0.15, 0.2) is 97.6 Å². The van der Waals surface area contributed by atoms with Crippen LogP contribution in [0, 0.1) is 13.8 Å². The Balaban J connectivity index is 0.000000205. The van der Waals surface area contributed by atoms with Gasteiger partial charge in [0.25, 0.3) is 11.8 Å². The number of piperazine rings is 2. The van der Waals surface area contributed by atoms with E-state index >= 15 is 0 Å². The monoisotopic (exact) mass is 1200 g/mol. The molecule has 2 aliphatic rings. The van der Waals surface area contributed by atoms with Crippen LogP contribution in [0.4, 0.5) is 26.3 Å². The number of halogens is 6. The highest BCUT2D eigenvalue weighted by Gasteiger charge is 2.42. The summed E-state index contributed by atoms with van der Waals surface area (Å²) in [6.45, 7) is 13.2. The molecule has 0 bridgehead atoms. The van der Waals surface area contributed by atoms with Crippen molar-refractivity contribution in [2.24, 2.45) is 0 Å². The Labute approximate surface area is 491 Å². The fourth-order valence-electron chi connectivity index (χ4n) is 11.1. The molecule has 8 heterocycles. The van der Waals surface area contributed by atoms with Gasteiger partial charge in [-0.15, -0.1) is 0 Å². The van der Waals surface area contributed by atoms with Crippen molar-refractivity contribution in [3.05, 3.63) is 142 Å². The number of carbonyl (C=O) groups is 2. The van der Waals surface area contributed by atoms with Gasteiger partial charge >= 0.3 is 12.4 Å². The summed E-state index contributed by atoms with van der Waals surface area (Å²) in [5.41, 5.74) is 0.162. The van der Waals surface area contributed by atoms with E-state index in [4.69, 9.17) is 18.9 Å². The lowest BCUT2D eigenvalue weighted by atomic mass is 10.0. The van der Waals surface area contributed by atoms with Crippen LogP contribution in [0.25, 0.3) is 33.8 Å². The molecular formula is C60H66F6N12O8. The summed E-state index contributed by atoms with van der Waals surface area (Å²) in [4.78, 5) is 52.7. The summed E-state index contributed by atoms with van der Waals surface area (Å²) in [6.07, 6.45) is -3.85. The molecule has 86 heavy (non-hydrogen) atoms. The van der Waals surface area contributed by atoms with E-state index in [9.17, 15) is 46.1 Å². The summed E-state index contributed by atoms with van der Waals surface area (Å²) in [5, 5.41) is 28.3. The Morgan fingerprint density at radius 1 is 0.570 bits per heavy atom. The molecule has 2 N–H and O–H groups in total. The van der Waals surface area contributed by atoms with Crippen LogP contribution in [0.1, 0.15) is 94.1 Å². The summed E-state index contributed by atoms with van der Waals surface area (Å²) < 4.78 is 109. The first-order valence-electron chi connectivity index (χ1n) is 27.8. The van der Waals surface area contributed by atoms with Gasteiger partial charge in [0.1, 0.15) is 22.6 Å². The van der Waals surface area contributed by atoms with E-state index in [-0.39, 0.29) is 82.3 Å². The molecule has 2 aliphatic heterocycles. The zero-order valence-electron chi connectivity index (χ0n) is 48.6. The Morgan fingerprint density at radius 2 is 0.942 bits per heavy atom. The lowest BCUT2D eigenvalue weighted by Gasteiger charge is -2.42. The molecule has 6 aromatic heterocycles. The summed E-state index contributed by atoms with van der Waals surface area (Å²) in [7, 11) is 3.00. The Morgan fingerprint density at radius 3 is 1.23 bits per heavy atom. The number of aromatic nitrogens is 8. The highest BCUT2D eigenvalue weighted by atomic mass is 19.4. The molecule has 26 heteroatoms. The molecule has 2 fully saturated rings. The number of fused-ring (bicyclic) bond motifs is 2. The minimum Gasteiger partial charge on any atom is -0.497 e. The van der Waals surface area contributed by atoms with Crippen LogP contribution in [-0.2, 0) is 12.4 Å². The van der Waals surface area contributed by atoms with Crippen molar-refractivity contribution in [2.75, 3.05) is 79.9 Å². The predicted octanol–water partition coefficient (Wildman–Crippen LogP) is 8.81. The topological polar surface area (TPSA) is 211 Å². The second-order valence-corrected chi connectivity index (χ2v) is 20.7. The fourth-order valence-corrected chi connectivity index (χ4v) is 11.1. The second-order valence-electron chi connectivity index (χ2n) is 20.7. The third-order valence-corrected chi connectivity index (χ3v) is 15.4. The predicted molar refractivity (Wildman–Crippen MR) is 304 cm³/mol. The first-order valence-corrected chi connectivity index (χ1v) is 27.8. The lowest BCUT2D eigenvalue weighted by molar-refractivity contribution is -0.144. The standard InChI is InChI=1S/2C30H33F3N6O4/c2*1-5-43-25-11-8-21(14-34-25)24(17-40)37-12-13-38(18(2)16-37)29(41)23-15-35-39-27(30(31,32)33)19(3)26(36-28(23)39)20-6-9-22(42-4)10-7-20/h2*6-11,14-15,18,24,40H,5,12-13,16-17H2,1-4H3/t18-,24+;18-,24-/m11/s1. The van der Waals surface area contributed by atoms with Crippen molar-refractivity contribution in [3.63, 3.8) is 0 Å². The van der Waals surface area contributed by atoms with E-state index in [1.54, 1.807) is 82.9 Å². The molecule has 0 saturated carbocycles. The van der Waals surface area contributed by atoms with Crippen LogP contribution < -0.4 is 18.9 Å². The largest absolute Gasteiger partial charge is 0.497 e. The van der Waals surface area contributed by atoms with Crippen molar-refractivity contribution in [2.45, 2.75) is 78.1 Å². The van der Waals surface area contributed by atoms with E-state index in [1.807, 2.05) is 39.8 Å². The minimum atomic E-state index is -4.74. The van der Waals surface area contributed by atoms with Gasteiger partial charge in [0, 0.05) is 98.1 Å². The van der Waals surface area contributed by atoms with Crippen molar-refractivity contribution in [3.8, 4) is 45.8 Å². The smallest absolute Gasteiger partial charge is 0.433 e. The molecule has 4 atom stereocenters. The van der Waals surface area contributed by atoms with Gasteiger partial charge in [-0.1, -0.05) is 12.1 Å². The van der Waals surface area contributed by atoms with Crippen LogP contribution >= 0.6 is 0 Å². The number of rotatable bonds is 16. The number of hydrogen-bond acceptors (Lipinski definition) is 16. The minimum absolute atomic E-state index is 0.0185. The maximum atomic E-state index is 14.3. The third kappa shape index (κ3) is 12.7. The van der Waals surface area contributed by atoms with E-state index in [1.165, 1.54) is 28.1 Å². The number of nitrogens with zero attached hydrogens (tertiary/aromatic N) is 12. The SMILES string of the molecule is CCOc1ccc([C@@H](CO)N2CCN(C(=O)c3cnn4c(C(F)(F)F)c(C)c(-c5ccc(OC)cc5)nc34)[C@H](C)C2)cn1.CCOc1ccc([C@H](CO)N2CCN(C(=O)c3cnn4c(C(F)(F)F)c(C)c(-c5ccc(OC)cc5)nc34)[C@H](C)C2)cn1. The van der Waals surface area contributed by atoms with Gasteiger partial charge in [0.15, 0.2) is 22.7 Å². The number of carbonyl (C=O) groups excluding carboxylic acids is 2. The summed E-state index contributed by atoms with van der Waals surface area (Å²) >= 11 is 0. The Bertz CT molecular complexity index is 3420. The first-order chi connectivity index (χ1) is 41.1. The zero-order chi connectivity index (χ0) is 61.8. The Kier molecular flexibility index (Phi) is 18.8. The zero-order valence-corrected chi connectivity index (χ0v) is 48.6. The van der Waals surface area contributed by atoms with E-state index in [0.29, 0.717) is 95.9 Å². The number of aliphatic hydroxyl groups excluding tert-OH is 2. The van der Waals surface area contributed by atoms with Gasteiger partial charge in [0.05, 0.1) is 76.5 Å². The van der Waals surface area contributed by atoms with Gasteiger partial charge in [-0.25, -0.2) is 29.0 Å². The van der Waals surface area contributed by atoms with Crippen LogP contribution in [0.5, 0.6) is 23.3 Å². The molecule has 0 spiro atoms. The number of methoxy groups -OCH3 is 2. The van der Waals surface area contributed by atoms with Gasteiger partial charge in [-0.3, -0.25) is 19.4 Å². The lowest BCUT2D eigenvalue weighted by Crippen LogP contribution is -2.55. The van der Waals surface area contributed by atoms with Crippen molar-refractivity contribution in [1.82, 2.24) is 58.8 Å². The quantitative estimate of drug-likeness (QED) is 0.0866. The maximum Gasteiger partial charge on any atom is 0.433 e. The molecule has 2 saturated heterocycles. The molecule has 8 aromatic rings. The molecule has 456 valence electrons. The highest BCUT2D eigenvalue weighted by Crippen LogP contribution is 2.40. The normalized spacial score (nSPS) is 16.8. The van der Waals surface area contributed by atoms with Crippen molar-refractivity contribution in [1.29, 1.82) is 0 Å². The number of amides is 2. The van der Waals surface area contributed by atoms with Gasteiger partial charge < -0.3 is 39.0 Å². The van der Waals surface area contributed by atoms with E-state index in [0.717, 1.165) is 23.5 Å². The second kappa shape index (κ2) is 26.0. The number of ether oxygens (including phenoxy) is 4. The molecule has 0 radical (unpaired) electrons. The van der Waals surface area contributed by atoms with Crippen LogP contribution in [0.3, 0.4) is 0 Å². The molecule has 2 aromatic carbocycles. The van der Waals surface area contributed by atoms with Gasteiger partial charge in [-0.05, 0) is 101 Å². The van der Waals surface area contributed by atoms with Gasteiger partial charge in [-0.2, -0.15) is 36.5 Å². The number of aliphatic hydroxyl groups is 2. The Hall–Kier alpha value is -8.46. The highest BCUT2D eigenvalue weighted by molar-refractivity contribution is 6.01. The molecule has 10 rings (SSSR count). The maximum absolute atomic E-state index is 14.3. The fraction of sp³-hybridized carbons (Fsp3) is 0.400. The van der Waals surface area contributed by atoms with E-state index in [2.05, 4.69) is 39.9 Å². The average molecular weight is 1200 g/mol. The summed E-state index contributed by atoms with van der Waals surface area (Å²) in [5.74, 6) is 1.16. The molecule has 0 unspecified atom stereocenters. The molecular weight excluding hydrogens is 1130 g/mol. The number of hydrogen-bond donors (Lipinski definition) is 2. The van der Waals surface area contributed by atoms with Crippen LogP contribution in [0.2, 0.25) is 0 Å². The van der Waals surface area contributed by atoms with Gasteiger partial charge in [0.2, 0.25) is 11.8 Å². The molecule has 2 amide bonds. The van der Waals surface area contributed by atoms with Crippen molar-refractivity contribution >= 4 is 23.1 Å². The number of alkyl halides is 6.